The van der Waals surface area contributed by atoms with Crippen molar-refractivity contribution in [2.45, 2.75) is 25.8 Å². The zero-order valence-electron chi connectivity index (χ0n) is 15.2. The van der Waals surface area contributed by atoms with Gasteiger partial charge in [-0.25, -0.2) is 0 Å². The van der Waals surface area contributed by atoms with Crippen LogP contribution in [0.3, 0.4) is 0 Å². The Hall–Kier alpha value is -2.21. The monoisotopic (exact) mass is 346 g/mol. The van der Waals surface area contributed by atoms with E-state index in [1.54, 1.807) is 21.3 Å². The first-order chi connectivity index (χ1) is 12.2. The van der Waals surface area contributed by atoms with Gasteiger partial charge in [0.05, 0.1) is 31.9 Å². The van der Waals surface area contributed by atoms with Crippen LogP contribution in [0, 0.1) is 0 Å². The van der Waals surface area contributed by atoms with Gasteiger partial charge in [0.25, 0.3) is 5.91 Å². The minimum absolute atomic E-state index is 0.0908. The molecule has 6 heteroatoms. The van der Waals surface area contributed by atoms with Crippen molar-refractivity contribution >= 4 is 16.8 Å². The van der Waals surface area contributed by atoms with Crippen LogP contribution in [0.5, 0.6) is 11.5 Å². The number of likely N-dealkylation sites (tertiary alicyclic amines) is 1. The fourth-order valence-corrected chi connectivity index (χ4v) is 3.43. The molecule has 0 radical (unpaired) electrons. The third-order valence-corrected chi connectivity index (χ3v) is 4.80. The van der Waals surface area contributed by atoms with E-state index in [4.69, 9.17) is 14.2 Å². The highest BCUT2D eigenvalue weighted by Crippen LogP contribution is 2.35. The number of carbonyl (C=O) groups excluding carboxylic acids is 1. The molecule has 0 unspecified atom stereocenters. The second kappa shape index (κ2) is 7.78. The van der Waals surface area contributed by atoms with Crippen LogP contribution in [0.1, 0.15) is 29.6 Å². The number of hydrogen-bond donors (Lipinski definition) is 0. The van der Waals surface area contributed by atoms with Crippen LogP contribution in [-0.4, -0.2) is 56.4 Å². The number of amides is 1. The van der Waals surface area contributed by atoms with Crippen molar-refractivity contribution in [3.63, 3.8) is 0 Å². The SMILES string of the molecule is COCCn1cc(C(=O)N2CCCCC2)c2cc(OC)c(OC)cc21. The maximum atomic E-state index is 13.1. The molecule has 0 saturated carbocycles. The Labute approximate surface area is 148 Å². The summed E-state index contributed by atoms with van der Waals surface area (Å²) in [6.07, 6.45) is 5.28. The van der Waals surface area contributed by atoms with Crippen LogP contribution in [0.2, 0.25) is 0 Å². The topological polar surface area (TPSA) is 52.9 Å². The molecule has 2 aromatic rings. The number of aromatic nitrogens is 1. The van der Waals surface area contributed by atoms with E-state index in [1.165, 1.54) is 6.42 Å². The molecule has 1 saturated heterocycles. The number of nitrogens with zero attached hydrogens (tertiary/aromatic N) is 2. The second-order valence-electron chi connectivity index (χ2n) is 6.31. The highest BCUT2D eigenvalue weighted by molar-refractivity contribution is 6.07. The second-order valence-corrected chi connectivity index (χ2v) is 6.31. The number of fused-ring (bicyclic) bond motifs is 1. The molecule has 25 heavy (non-hydrogen) atoms. The van der Waals surface area contributed by atoms with Gasteiger partial charge in [-0.05, 0) is 25.3 Å². The minimum Gasteiger partial charge on any atom is -0.493 e. The Kier molecular flexibility index (Phi) is 5.48. The summed E-state index contributed by atoms with van der Waals surface area (Å²) in [5.74, 6) is 1.38. The molecule has 0 spiro atoms. The van der Waals surface area contributed by atoms with Gasteiger partial charge in [-0.15, -0.1) is 0 Å². The van der Waals surface area contributed by atoms with E-state index in [0.29, 0.717) is 30.2 Å². The minimum atomic E-state index is 0.0908. The molecule has 6 nitrogen and oxygen atoms in total. The summed E-state index contributed by atoms with van der Waals surface area (Å²) in [6.45, 7) is 2.92. The van der Waals surface area contributed by atoms with Gasteiger partial charge >= 0.3 is 0 Å². The van der Waals surface area contributed by atoms with Gasteiger partial charge in [0.2, 0.25) is 0 Å². The normalized spacial score (nSPS) is 14.8. The third kappa shape index (κ3) is 3.44. The molecule has 1 aromatic heterocycles. The van der Waals surface area contributed by atoms with Crippen molar-refractivity contribution in [3.8, 4) is 11.5 Å². The summed E-state index contributed by atoms with van der Waals surface area (Å²) in [5, 5.41) is 0.893. The number of piperidine rings is 1. The van der Waals surface area contributed by atoms with Gasteiger partial charge in [0.1, 0.15) is 0 Å². The molecule has 1 aromatic carbocycles. The predicted octanol–water partition coefficient (Wildman–Crippen LogP) is 2.93. The standard InChI is InChI=1S/C19H26N2O4/c1-23-10-9-21-13-15(19(22)20-7-5-4-6-8-20)14-11-17(24-2)18(25-3)12-16(14)21/h11-13H,4-10H2,1-3H3. The maximum Gasteiger partial charge on any atom is 0.256 e. The molecule has 0 atom stereocenters. The molecule has 1 amide bonds. The molecule has 3 rings (SSSR count). The molecule has 0 aliphatic carbocycles. The van der Waals surface area contributed by atoms with Gasteiger partial charge < -0.3 is 23.7 Å². The van der Waals surface area contributed by atoms with Crippen molar-refractivity contribution in [1.82, 2.24) is 9.47 Å². The average molecular weight is 346 g/mol. The number of hydrogen-bond acceptors (Lipinski definition) is 4. The quantitative estimate of drug-likeness (QED) is 0.807. The lowest BCUT2D eigenvalue weighted by Gasteiger charge is -2.26. The predicted molar refractivity (Wildman–Crippen MR) is 96.7 cm³/mol. The zero-order chi connectivity index (χ0) is 17.8. The maximum absolute atomic E-state index is 13.1. The van der Waals surface area contributed by atoms with Gasteiger partial charge in [-0.3, -0.25) is 4.79 Å². The van der Waals surface area contributed by atoms with Gasteiger partial charge in [0.15, 0.2) is 11.5 Å². The van der Waals surface area contributed by atoms with E-state index in [-0.39, 0.29) is 5.91 Å². The van der Waals surface area contributed by atoms with Crippen molar-refractivity contribution in [2.24, 2.45) is 0 Å². The fraction of sp³-hybridized carbons (Fsp3) is 0.526. The molecule has 1 fully saturated rings. The van der Waals surface area contributed by atoms with E-state index in [2.05, 4.69) is 4.57 Å². The summed E-state index contributed by atoms with van der Waals surface area (Å²) in [4.78, 5) is 15.0. The van der Waals surface area contributed by atoms with E-state index in [1.807, 2.05) is 23.2 Å². The number of carbonyl (C=O) groups is 1. The number of methoxy groups -OCH3 is 3. The largest absolute Gasteiger partial charge is 0.493 e. The van der Waals surface area contributed by atoms with Crippen LogP contribution in [-0.2, 0) is 11.3 Å². The van der Waals surface area contributed by atoms with Crippen molar-refractivity contribution in [2.75, 3.05) is 41.0 Å². The Morgan fingerprint density at radius 1 is 1.04 bits per heavy atom. The Bertz CT molecular complexity index is 747. The van der Waals surface area contributed by atoms with E-state index < -0.39 is 0 Å². The Morgan fingerprint density at radius 2 is 1.72 bits per heavy atom. The lowest BCUT2D eigenvalue weighted by atomic mass is 10.1. The smallest absolute Gasteiger partial charge is 0.256 e. The summed E-state index contributed by atoms with van der Waals surface area (Å²) in [7, 11) is 4.90. The molecule has 1 aliphatic heterocycles. The van der Waals surface area contributed by atoms with E-state index >= 15 is 0 Å². The summed E-state index contributed by atoms with van der Waals surface area (Å²) in [5.41, 5.74) is 1.67. The van der Waals surface area contributed by atoms with Crippen LogP contribution in [0.4, 0.5) is 0 Å². The number of ether oxygens (including phenoxy) is 3. The first-order valence-corrected chi connectivity index (χ1v) is 8.72. The zero-order valence-corrected chi connectivity index (χ0v) is 15.2. The first-order valence-electron chi connectivity index (χ1n) is 8.72. The van der Waals surface area contributed by atoms with E-state index in [9.17, 15) is 4.79 Å². The van der Waals surface area contributed by atoms with Crippen LogP contribution >= 0.6 is 0 Å². The summed E-state index contributed by atoms with van der Waals surface area (Å²) >= 11 is 0. The lowest BCUT2D eigenvalue weighted by molar-refractivity contribution is 0.0726. The highest BCUT2D eigenvalue weighted by Gasteiger charge is 2.23. The molecule has 0 N–H and O–H groups in total. The molecular weight excluding hydrogens is 320 g/mol. The van der Waals surface area contributed by atoms with Gasteiger partial charge in [0, 0.05) is 44.4 Å². The van der Waals surface area contributed by atoms with Gasteiger partial charge in [-0.2, -0.15) is 0 Å². The molecule has 0 bridgehead atoms. The van der Waals surface area contributed by atoms with Gasteiger partial charge in [-0.1, -0.05) is 0 Å². The third-order valence-electron chi connectivity index (χ3n) is 4.80. The Balaban J connectivity index is 2.08. The van der Waals surface area contributed by atoms with E-state index in [0.717, 1.165) is 36.8 Å². The highest BCUT2D eigenvalue weighted by atomic mass is 16.5. The van der Waals surface area contributed by atoms with Crippen LogP contribution in [0.15, 0.2) is 18.3 Å². The molecule has 1 aliphatic rings. The van der Waals surface area contributed by atoms with Crippen LogP contribution in [0.25, 0.3) is 10.9 Å². The summed E-state index contributed by atoms with van der Waals surface area (Å²) in [6, 6.07) is 3.82. The molecule has 2 heterocycles. The number of rotatable bonds is 6. The van der Waals surface area contributed by atoms with Crippen molar-refractivity contribution in [3.05, 3.63) is 23.9 Å². The first kappa shape index (κ1) is 17.6. The van der Waals surface area contributed by atoms with Crippen molar-refractivity contribution in [1.29, 1.82) is 0 Å². The lowest BCUT2D eigenvalue weighted by Crippen LogP contribution is -2.35. The average Bonchev–Trinajstić information content (AvgIpc) is 3.02. The fourth-order valence-electron chi connectivity index (χ4n) is 3.43. The molecular formula is C19H26N2O4. The number of benzene rings is 1. The summed E-state index contributed by atoms with van der Waals surface area (Å²) < 4.78 is 18.1. The molecule has 136 valence electrons. The van der Waals surface area contributed by atoms with Crippen LogP contribution < -0.4 is 9.47 Å². The van der Waals surface area contributed by atoms with Crippen molar-refractivity contribution < 1.29 is 19.0 Å². The Morgan fingerprint density at radius 3 is 2.36 bits per heavy atom.